The molecule has 0 amide bonds. The minimum atomic E-state index is 0. The van der Waals surface area contributed by atoms with Gasteiger partial charge in [0, 0.05) is 32.7 Å². The Morgan fingerprint density at radius 1 is 1.25 bits per heavy atom. The van der Waals surface area contributed by atoms with Crippen LogP contribution in [-0.4, -0.2) is 0 Å². The van der Waals surface area contributed by atoms with Crippen molar-refractivity contribution in [3.05, 3.63) is 21.3 Å². The van der Waals surface area contributed by atoms with Crippen molar-refractivity contribution in [2.45, 2.75) is 0 Å². The van der Waals surface area contributed by atoms with Gasteiger partial charge in [-0.25, -0.2) is 6.92 Å². The summed E-state index contributed by atoms with van der Waals surface area (Å²) in [6.07, 6.45) is 0. The van der Waals surface area contributed by atoms with E-state index in [1.54, 1.807) is 0 Å². The first-order valence-corrected chi connectivity index (χ1v) is 0.408. The van der Waals surface area contributed by atoms with E-state index in [9.17, 15) is 0 Å². The fourth-order valence-electron chi connectivity index (χ4n) is 0. The predicted octanol–water partition coefficient (Wildman–Crippen LogP) is 0.979. The van der Waals surface area contributed by atoms with Crippen molar-refractivity contribution >= 4 is 0 Å². The van der Waals surface area contributed by atoms with E-state index in [0.29, 0.717) is 0 Å². The van der Waals surface area contributed by atoms with Crippen LogP contribution in [0.5, 0.6) is 0 Å². The van der Waals surface area contributed by atoms with E-state index >= 15 is 0 Å². The maximum Gasteiger partial charge on any atom is 0 e. The molecule has 0 fully saturated rings. The second-order valence-corrected chi connectivity index (χ2v) is 0. The molecule has 0 aromatic heterocycles. The first kappa shape index (κ1) is 19.4. The molecule has 0 nitrogen and oxygen atoms in total. The van der Waals surface area contributed by atoms with E-state index in [4.69, 9.17) is 0 Å². The van der Waals surface area contributed by atoms with Crippen LogP contribution in [0.15, 0.2) is 0 Å². The van der Waals surface area contributed by atoms with E-state index in [1.165, 1.54) is 0 Å². The van der Waals surface area contributed by atoms with Gasteiger partial charge < -0.3 is 14.4 Å². The van der Waals surface area contributed by atoms with E-state index in [0.717, 1.165) is 0 Å². The average Bonchev–Trinajstić information content (AvgIpc) is 1.00. The molecule has 0 atom stereocenters. The first-order valence-electron chi connectivity index (χ1n) is 0.408. The van der Waals surface area contributed by atoms with Gasteiger partial charge in [0.15, 0.2) is 0 Å². The molecule has 0 heterocycles. The normalized spacial score (nSPS) is 1.50. The molecule has 0 rings (SSSR count). The Bertz CT molecular complexity index is 3.25. The van der Waals surface area contributed by atoms with Crippen LogP contribution >= 0.6 is 0 Å². The van der Waals surface area contributed by atoms with Crippen LogP contribution in [-0.2, 0) is 32.7 Å². The number of hydrogen-bond donors (Lipinski definition) is 0. The molecule has 4 heavy (non-hydrogen) atoms. The first-order chi connectivity index (χ1) is 1.00. The van der Waals surface area contributed by atoms with Crippen molar-refractivity contribution in [3.63, 3.8) is 0 Å². The molecule has 0 aromatic carbocycles. The SMILES string of the molecule is [CH3-].[CH][CH2-].[Y]. The van der Waals surface area contributed by atoms with Crippen LogP contribution in [0.4, 0.5) is 0 Å². The van der Waals surface area contributed by atoms with E-state index in [-0.39, 0.29) is 40.1 Å². The molecule has 0 aliphatic carbocycles. The maximum atomic E-state index is 4.25. The fraction of sp³-hybridized carbons (Fsp3) is 0. The second kappa shape index (κ2) is 32.4. The second-order valence-electron chi connectivity index (χ2n) is 0. The van der Waals surface area contributed by atoms with Crippen LogP contribution in [0.25, 0.3) is 0 Å². The van der Waals surface area contributed by atoms with Crippen molar-refractivity contribution in [3.8, 4) is 0 Å². The third-order valence-corrected chi connectivity index (χ3v) is 0. The summed E-state index contributed by atoms with van der Waals surface area (Å²) in [5.41, 5.74) is 0. The Morgan fingerprint density at radius 3 is 1.25 bits per heavy atom. The van der Waals surface area contributed by atoms with Gasteiger partial charge in [-0.15, -0.1) is 0 Å². The third-order valence-electron chi connectivity index (χ3n) is 0. The zero-order valence-electron chi connectivity index (χ0n) is 2.86. The summed E-state index contributed by atoms with van der Waals surface area (Å²) < 4.78 is 0. The monoisotopic (exact) mass is 131 g/mol. The molecule has 0 aromatic rings. The van der Waals surface area contributed by atoms with Gasteiger partial charge in [-0.2, -0.15) is 0 Å². The van der Waals surface area contributed by atoms with Crippen LogP contribution in [0.1, 0.15) is 0 Å². The van der Waals surface area contributed by atoms with Gasteiger partial charge in [0.05, 0.1) is 0 Å². The Labute approximate surface area is 53.9 Å². The molecule has 0 bridgehead atoms. The summed E-state index contributed by atoms with van der Waals surface area (Å²) in [6.45, 7) is 7.00. The minimum absolute atomic E-state index is 0. The smallest absolute Gasteiger partial charge is 0 e. The van der Waals surface area contributed by atoms with Gasteiger partial charge in [-0.1, -0.05) is 0 Å². The quantitative estimate of drug-likeness (QED) is 0.430. The van der Waals surface area contributed by atoms with E-state index in [1.807, 2.05) is 0 Å². The predicted molar refractivity (Wildman–Crippen MR) is 16.1 cm³/mol. The molecule has 0 aliphatic heterocycles. The third kappa shape index (κ3) is 11.3. The van der Waals surface area contributed by atoms with Gasteiger partial charge >= 0.3 is 0 Å². The van der Waals surface area contributed by atoms with Gasteiger partial charge in [-0.3, -0.25) is 0 Å². The Balaban J connectivity index is -0.00000000500. The molecule has 3 radical (unpaired) electrons. The number of hydrogen-bond acceptors (Lipinski definition) is 0. The van der Waals surface area contributed by atoms with Crippen molar-refractivity contribution in [2.24, 2.45) is 0 Å². The van der Waals surface area contributed by atoms with E-state index in [2.05, 4.69) is 13.8 Å². The molecular formula is C3H6Y-2. The molecule has 0 saturated carbocycles. The summed E-state index contributed by atoms with van der Waals surface area (Å²) in [6, 6.07) is 0. The summed E-state index contributed by atoms with van der Waals surface area (Å²) in [7, 11) is 0. The van der Waals surface area contributed by atoms with Crippen LogP contribution in [0.3, 0.4) is 0 Å². The zero-order valence-corrected chi connectivity index (χ0v) is 5.70. The van der Waals surface area contributed by atoms with Gasteiger partial charge in [0.1, 0.15) is 0 Å². The molecule has 0 aliphatic rings. The fourth-order valence-corrected chi connectivity index (χ4v) is 0. The van der Waals surface area contributed by atoms with Crippen molar-refractivity contribution in [2.75, 3.05) is 0 Å². The average molecular weight is 131 g/mol. The van der Waals surface area contributed by atoms with Crippen LogP contribution < -0.4 is 0 Å². The van der Waals surface area contributed by atoms with Crippen molar-refractivity contribution in [1.29, 1.82) is 0 Å². The zero-order chi connectivity index (χ0) is 2.00. The standard InChI is InChI=1S/C2H3.CH3.Y/c1-2;;/h1H,2H2;1H3;/q2*-1;. The summed E-state index contributed by atoms with van der Waals surface area (Å²) in [5, 5.41) is 0. The molecule has 23 valence electrons. The Morgan fingerprint density at radius 2 is 1.25 bits per heavy atom. The largest absolute Gasteiger partial charge is 0.358 e. The van der Waals surface area contributed by atoms with Crippen LogP contribution in [0, 0.1) is 21.3 Å². The maximum absolute atomic E-state index is 4.25. The topological polar surface area (TPSA) is 0 Å². The summed E-state index contributed by atoms with van der Waals surface area (Å²) >= 11 is 0. The van der Waals surface area contributed by atoms with Crippen LogP contribution in [0.2, 0.25) is 0 Å². The van der Waals surface area contributed by atoms with Gasteiger partial charge in [0.25, 0.3) is 0 Å². The molecular weight excluding hydrogens is 125 g/mol. The Kier molecular flexibility index (Phi) is 158. The summed E-state index contributed by atoms with van der Waals surface area (Å²) in [4.78, 5) is 0. The molecule has 0 unspecified atom stereocenters. The summed E-state index contributed by atoms with van der Waals surface area (Å²) in [5.74, 6) is 0. The minimum Gasteiger partial charge on any atom is -0.358 e. The van der Waals surface area contributed by atoms with Crippen molar-refractivity contribution < 1.29 is 32.7 Å². The van der Waals surface area contributed by atoms with Gasteiger partial charge in [0.2, 0.25) is 0 Å². The Hall–Kier alpha value is 1.10. The molecule has 0 N–H and O–H groups in total. The molecule has 0 spiro atoms. The van der Waals surface area contributed by atoms with Crippen molar-refractivity contribution in [1.82, 2.24) is 0 Å². The molecule has 1 heteroatoms. The number of rotatable bonds is 0. The molecule has 0 saturated heterocycles. The van der Waals surface area contributed by atoms with Gasteiger partial charge in [-0.05, 0) is 0 Å². The van der Waals surface area contributed by atoms with E-state index < -0.39 is 0 Å².